The van der Waals surface area contributed by atoms with E-state index in [-0.39, 0.29) is 6.61 Å². The maximum absolute atomic E-state index is 13.2. The molecule has 0 radical (unpaired) electrons. The molecule has 282 valence electrons. The van der Waals surface area contributed by atoms with Gasteiger partial charge in [-0.3, -0.25) is 0 Å². The summed E-state index contributed by atoms with van der Waals surface area (Å²) in [4.78, 5) is 26.3. The van der Waals surface area contributed by atoms with Gasteiger partial charge in [-0.15, -0.1) is 0 Å². The minimum Gasteiger partial charge on any atom is -0.494 e. The van der Waals surface area contributed by atoms with Crippen molar-refractivity contribution in [3.63, 3.8) is 0 Å². The lowest BCUT2D eigenvalue weighted by Gasteiger charge is -2.31. The van der Waals surface area contributed by atoms with Gasteiger partial charge in [-0.25, -0.2) is 9.59 Å². The molecule has 5 rings (SSSR count). The van der Waals surface area contributed by atoms with E-state index in [2.05, 4.69) is 13.8 Å². The minimum absolute atomic E-state index is 0.103. The smallest absolute Gasteiger partial charge is 0.338 e. The Morgan fingerprint density at radius 2 is 1.02 bits per heavy atom. The number of rotatable bonds is 20. The molecule has 0 spiro atoms. The van der Waals surface area contributed by atoms with Gasteiger partial charge in [0.1, 0.15) is 18.1 Å². The number of carbonyl (C=O) groups excluding carboxylic acids is 2. The zero-order valence-corrected chi connectivity index (χ0v) is 31.8. The van der Waals surface area contributed by atoms with Crippen LogP contribution in [0.1, 0.15) is 149 Å². The second-order valence-corrected chi connectivity index (χ2v) is 15.1. The maximum Gasteiger partial charge on any atom is 0.338 e. The Bertz CT molecular complexity index is 1450. The number of esters is 2. The van der Waals surface area contributed by atoms with Crippen molar-refractivity contribution < 1.29 is 28.5 Å². The quantitative estimate of drug-likeness (QED) is 0.0858. The van der Waals surface area contributed by atoms with Crippen molar-refractivity contribution in [2.75, 3.05) is 19.8 Å². The summed E-state index contributed by atoms with van der Waals surface area (Å²) in [6.45, 7) is 5.84. The number of benzene rings is 3. The fourth-order valence-corrected chi connectivity index (χ4v) is 8.57. The number of carbonyl (C=O) groups is 2. The largest absolute Gasteiger partial charge is 0.494 e. The van der Waals surface area contributed by atoms with Crippen molar-refractivity contribution in [2.24, 2.45) is 23.7 Å². The van der Waals surface area contributed by atoms with E-state index < -0.39 is 18.0 Å². The predicted octanol–water partition coefficient (Wildman–Crippen LogP) is 12.0. The van der Waals surface area contributed by atoms with Crippen LogP contribution in [0.4, 0.5) is 0 Å². The van der Waals surface area contributed by atoms with Gasteiger partial charge in [0.25, 0.3) is 0 Å². The summed E-state index contributed by atoms with van der Waals surface area (Å²) < 4.78 is 23.6. The molecule has 0 bridgehead atoms. The Hall–Kier alpha value is -3.80. The van der Waals surface area contributed by atoms with Crippen LogP contribution in [-0.4, -0.2) is 31.8 Å². The highest BCUT2D eigenvalue weighted by atomic mass is 16.6. The van der Waals surface area contributed by atoms with Crippen LogP contribution in [0.15, 0.2) is 78.9 Å². The molecule has 3 aromatic rings. The molecule has 52 heavy (non-hydrogen) atoms. The van der Waals surface area contributed by atoms with Gasteiger partial charge in [0.15, 0.2) is 6.10 Å². The van der Waals surface area contributed by atoms with Crippen molar-refractivity contribution in [3.05, 3.63) is 95.6 Å². The van der Waals surface area contributed by atoms with Crippen LogP contribution < -0.4 is 9.47 Å². The van der Waals surface area contributed by atoms with Crippen molar-refractivity contribution in [1.29, 1.82) is 0 Å². The predicted molar refractivity (Wildman–Crippen MR) is 208 cm³/mol. The third kappa shape index (κ3) is 12.4. The monoisotopic (exact) mass is 710 g/mol. The summed E-state index contributed by atoms with van der Waals surface area (Å²) in [5, 5.41) is 0. The Kier molecular flexibility index (Phi) is 16.4. The van der Waals surface area contributed by atoms with E-state index >= 15 is 0 Å². The highest BCUT2D eigenvalue weighted by molar-refractivity contribution is 5.90. The van der Waals surface area contributed by atoms with Gasteiger partial charge < -0.3 is 18.9 Å². The summed E-state index contributed by atoms with van der Waals surface area (Å²) in [6, 6.07) is 23.6. The van der Waals surface area contributed by atoms with Crippen LogP contribution in [0, 0.1) is 23.7 Å². The Morgan fingerprint density at radius 3 is 1.48 bits per heavy atom. The molecule has 2 aliphatic carbocycles. The average Bonchev–Trinajstić information content (AvgIpc) is 3.18. The standard InChI is InChI=1S/C46H62O6/c1-3-14-35-16-8-10-18-37(35)22-12-32-49-42-28-24-40(25-29-42)45(47)51-34-44(39-20-6-5-7-21-39)52-46(48)41-26-30-43(31-27-41)50-33-13-23-38-19-11-9-17-36(38)15-4-2/h5-7,20-21,24-31,35-38,44H,3-4,8-19,22-23,32-34H2,1-2H3/t35?,36?,37?,38?,44-/m0/s1. The van der Waals surface area contributed by atoms with Crippen LogP contribution in [0.2, 0.25) is 0 Å². The van der Waals surface area contributed by atoms with E-state index in [0.717, 1.165) is 53.6 Å². The van der Waals surface area contributed by atoms with Gasteiger partial charge in [-0.1, -0.05) is 121 Å². The van der Waals surface area contributed by atoms with E-state index in [9.17, 15) is 9.59 Å². The minimum atomic E-state index is -0.756. The summed E-state index contributed by atoms with van der Waals surface area (Å²) in [5.41, 5.74) is 1.59. The lowest BCUT2D eigenvalue weighted by atomic mass is 9.75. The van der Waals surface area contributed by atoms with Gasteiger partial charge in [0, 0.05) is 0 Å². The summed E-state index contributed by atoms with van der Waals surface area (Å²) in [5.74, 6) is 3.95. The molecule has 2 fully saturated rings. The van der Waals surface area contributed by atoms with Crippen LogP contribution in [0.25, 0.3) is 0 Å². The molecule has 0 N–H and O–H groups in total. The first-order valence-corrected chi connectivity index (χ1v) is 20.4. The van der Waals surface area contributed by atoms with Crippen LogP contribution in [-0.2, 0) is 9.47 Å². The van der Waals surface area contributed by atoms with Crippen molar-refractivity contribution in [1.82, 2.24) is 0 Å². The zero-order chi connectivity index (χ0) is 36.4. The van der Waals surface area contributed by atoms with E-state index in [1.54, 1.807) is 24.3 Å². The molecule has 0 saturated heterocycles. The van der Waals surface area contributed by atoms with Crippen LogP contribution in [0.3, 0.4) is 0 Å². The molecule has 0 heterocycles. The van der Waals surface area contributed by atoms with Gasteiger partial charge in [0.05, 0.1) is 24.3 Å². The maximum atomic E-state index is 13.2. The molecule has 4 unspecified atom stereocenters. The van der Waals surface area contributed by atoms with Crippen LogP contribution in [0.5, 0.6) is 11.5 Å². The topological polar surface area (TPSA) is 71.1 Å². The normalized spacial score (nSPS) is 20.8. The molecule has 6 heteroatoms. The lowest BCUT2D eigenvalue weighted by Crippen LogP contribution is -2.20. The third-order valence-electron chi connectivity index (χ3n) is 11.4. The average molecular weight is 711 g/mol. The first-order chi connectivity index (χ1) is 25.5. The number of hydrogen-bond acceptors (Lipinski definition) is 6. The van der Waals surface area contributed by atoms with Crippen molar-refractivity contribution in [2.45, 2.75) is 123 Å². The highest BCUT2D eigenvalue weighted by Crippen LogP contribution is 2.37. The molecule has 5 atom stereocenters. The van der Waals surface area contributed by atoms with Gasteiger partial charge in [-0.05, 0) is 103 Å². The molecular weight excluding hydrogens is 648 g/mol. The van der Waals surface area contributed by atoms with E-state index in [0.29, 0.717) is 24.3 Å². The molecule has 3 aromatic carbocycles. The molecule has 2 saturated carbocycles. The summed E-state index contributed by atoms with van der Waals surface area (Å²) in [6.07, 6.45) is 20.0. The molecular formula is C46H62O6. The van der Waals surface area contributed by atoms with Crippen LogP contribution >= 0.6 is 0 Å². The number of ether oxygens (including phenoxy) is 4. The number of hydrogen-bond donors (Lipinski definition) is 0. The highest BCUT2D eigenvalue weighted by Gasteiger charge is 2.25. The Balaban J connectivity index is 1.06. The molecule has 0 amide bonds. The Morgan fingerprint density at radius 1 is 0.577 bits per heavy atom. The summed E-state index contributed by atoms with van der Waals surface area (Å²) in [7, 11) is 0. The lowest BCUT2D eigenvalue weighted by molar-refractivity contribution is -0.00134. The molecule has 0 aromatic heterocycles. The summed E-state index contributed by atoms with van der Waals surface area (Å²) >= 11 is 0. The molecule has 6 nitrogen and oxygen atoms in total. The third-order valence-corrected chi connectivity index (χ3v) is 11.4. The fraction of sp³-hybridized carbons (Fsp3) is 0.565. The second-order valence-electron chi connectivity index (χ2n) is 15.1. The van der Waals surface area contributed by atoms with E-state index in [4.69, 9.17) is 18.9 Å². The van der Waals surface area contributed by atoms with Gasteiger partial charge in [-0.2, -0.15) is 0 Å². The molecule has 0 aliphatic heterocycles. The zero-order valence-electron chi connectivity index (χ0n) is 31.8. The van der Waals surface area contributed by atoms with Gasteiger partial charge >= 0.3 is 11.9 Å². The fourth-order valence-electron chi connectivity index (χ4n) is 8.57. The van der Waals surface area contributed by atoms with Crippen molar-refractivity contribution >= 4 is 11.9 Å². The Labute approximate surface area is 313 Å². The van der Waals surface area contributed by atoms with Crippen molar-refractivity contribution in [3.8, 4) is 11.5 Å². The van der Waals surface area contributed by atoms with E-state index in [1.807, 2.05) is 54.6 Å². The molecule has 2 aliphatic rings. The second kappa shape index (κ2) is 21.7. The first kappa shape index (κ1) is 39.4. The first-order valence-electron chi connectivity index (χ1n) is 20.4. The SMILES string of the molecule is CCCC1CCCCC1CCCOc1ccc(C(=O)OC[C@H](OC(=O)c2ccc(OCCCC3CCCCC3CCC)cc2)c2ccccc2)cc1. The van der Waals surface area contributed by atoms with Gasteiger partial charge in [0.2, 0.25) is 0 Å². The van der Waals surface area contributed by atoms with E-state index in [1.165, 1.54) is 89.9 Å².